The number of aromatic nitrogens is 3. The maximum absolute atomic E-state index is 5.58. The number of nitrogens with zero attached hydrogens (tertiary/aromatic N) is 4. The molecule has 1 aliphatic rings. The molecule has 0 spiro atoms. The van der Waals surface area contributed by atoms with E-state index in [0.29, 0.717) is 17.1 Å². The number of thioether (sulfide) groups is 1. The first-order valence-electron chi connectivity index (χ1n) is 6.55. The monoisotopic (exact) mass is 283 g/mol. The first-order chi connectivity index (χ1) is 9.10. The van der Waals surface area contributed by atoms with Crippen LogP contribution in [0, 0.1) is 0 Å². The van der Waals surface area contributed by atoms with Gasteiger partial charge in [-0.2, -0.15) is 15.0 Å². The predicted molar refractivity (Wildman–Crippen MR) is 78.0 cm³/mol. The van der Waals surface area contributed by atoms with Crippen molar-refractivity contribution in [3.05, 3.63) is 0 Å². The van der Waals surface area contributed by atoms with Crippen molar-refractivity contribution < 1.29 is 4.74 Å². The van der Waals surface area contributed by atoms with E-state index in [-0.39, 0.29) is 6.10 Å². The fraction of sp³-hybridized carbons (Fsp3) is 0.750. The van der Waals surface area contributed by atoms with Crippen molar-refractivity contribution in [1.29, 1.82) is 0 Å². The minimum Gasteiger partial charge on any atom is -0.377 e. The molecule has 1 N–H and O–H groups in total. The normalized spacial score (nSPS) is 22.5. The number of hydrogen-bond acceptors (Lipinski definition) is 7. The maximum Gasteiger partial charge on any atom is 0.230 e. The second-order valence-electron chi connectivity index (χ2n) is 4.69. The van der Waals surface area contributed by atoms with Crippen molar-refractivity contribution >= 4 is 23.7 Å². The van der Waals surface area contributed by atoms with Crippen LogP contribution in [0.3, 0.4) is 0 Å². The molecule has 0 saturated carbocycles. The molecule has 0 aliphatic carbocycles. The van der Waals surface area contributed by atoms with Crippen molar-refractivity contribution in [2.45, 2.75) is 36.8 Å². The van der Waals surface area contributed by atoms with E-state index in [2.05, 4.69) is 27.2 Å². The first-order valence-corrected chi connectivity index (χ1v) is 7.43. The van der Waals surface area contributed by atoms with E-state index in [0.717, 1.165) is 24.7 Å². The fourth-order valence-electron chi connectivity index (χ4n) is 1.84. The van der Waals surface area contributed by atoms with Gasteiger partial charge in [-0.3, -0.25) is 0 Å². The molecule has 1 fully saturated rings. The summed E-state index contributed by atoms with van der Waals surface area (Å²) < 4.78 is 5.58. The Balaban J connectivity index is 2.18. The fourth-order valence-corrected chi connectivity index (χ4v) is 2.87. The Morgan fingerprint density at radius 3 is 2.74 bits per heavy atom. The molecule has 106 valence electrons. The van der Waals surface area contributed by atoms with Gasteiger partial charge in [-0.15, -0.1) is 0 Å². The van der Waals surface area contributed by atoms with Crippen molar-refractivity contribution in [2.75, 3.05) is 37.5 Å². The van der Waals surface area contributed by atoms with Crippen LogP contribution in [0.5, 0.6) is 0 Å². The first kappa shape index (κ1) is 14.3. The molecule has 0 radical (unpaired) electrons. The lowest BCUT2D eigenvalue weighted by atomic mass is 10.3. The standard InChI is InChI=1S/C12H21N5OS/c1-5-13-10-14-11(17(3)4)16-12(15-10)19-9-6-7-18-8(9)2/h8-9H,5-7H2,1-4H3,(H,13,14,15,16). The molecule has 1 saturated heterocycles. The zero-order valence-corrected chi connectivity index (χ0v) is 12.7. The highest BCUT2D eigenvalue weighted by Gasteiger charge is 2.26. The molecule has 1 aromatic rings. The van der Waals surface area contributed by atoms with Crippen molar-refractivity contribution in [3.8, 4) is 0 Å². The van der Waals surface area contributed by atoms with Gasteiger partial charge < -0.3 is 15.0 Å². The van der Waals surface area contributed by atoms with Gasteiger partial charge >= 0.3 is 0 Å². The molecule has 2 atom stereocenters. The van der Waals surface area contributed by atoms with Gasteiger partial charge in [0.25, 0.3) is 0 Å². The van der Waals surface area contributed by atoms with Crippen LogP contribution in [0.1, 0.15) is 20.3 Å². The summed E-state index contributed by atoms with van der Waals surface area (Å²) in [5.41, 5.74) is 0. The number of nitrogens with one attached hydrogen (secondary N) is 1. The Labute approximate surface area is 118 Å². The van der Waals surface area contributed by atoms with E-state index in [1.54, 1.807) is 11.8 Å². The van der Waals surface area contributed by atoms with E-state index in [4.69, 9.17) is 4.74 Å². The van der Waals surface area contributed by atoms with E-state index >= 15 is 0 Å². The molecule has 1 aromatic heterocycles. The Hall–Kier alpha value is -1.08. The summed E-state index contributed by atoms with van der Waals surface area (Å²) >= 11 is 1.68. The SMILES string of the molecule is CCNc1nc(SC2CCOC2C)nc(N(C)C)n1. The molecular weight excluding hydrogens is 262 g/mol. The van der Waals surface area contributed by atoms with E-state index in [1.807, 2.05) is 25.9 Å². The third kappa shape index (κ3) is 3.70. The summed E-state index contributed by atoms with van der Waals surface area (Å²) in [5.74, 6) is 1.32. The third-order valence-electron chi connectivity index (χ3n) is 2.90. The van der Waals surface area contributed by atoms with E-state index in [1.165, 1.54) is 0 Å². The van der Waals surface area contributed by atoms with Gasteiger partial charge in [-0.05, 0) is 20.3 Å². The Morgan fingerprint density at radius 1 is 1.37 bits per heavy atom. The van der Waals surface area contributed by atoms with Crippen LogP contribution in [0.25, 0.3) is 0 Å². The zero-order valence-electron chi connectivity index (χ0n) is 11.9. The van der Waals surface area contributed by atoms with Gasteiger partial charge in [0.1, 0.15) is 0 Å². The lowest BCUT2D eigenvalue weighted by Crippen LogP contribution is -2.18. The highest BCUT2D eigenvalue weighted by atomic mass is 32.2. The number of ether oxygens (including phenoxy) is 1. The van der Waals surface area contributed by atoms with Gasteiger partial charge in [0.15, 0.2) is 5.16 Å². The second kappa shape index (κ2) is 6.38. The Bertz CT molecular complexity index is 429. The number of anilines is 2. The lowest BCUT2D eigenvalue weighted by Gasteiger charge is -2.15. The molecule has 0 aromatic carbocycles. The predicted octanol–water partition coefficient (Wildman–Crippen LogP) is 1.64. The van der Waals surface area contributed by atoms with E-state index in [9.17, 15) is 0 Å². The van der Waals surface area contributed by atoms with Gasteiger partial charge in [0.05, 0.1) is 6.10 Å². The zero-order chi connectivity index (χ0) is 13.8. The van der Waals surface area contributed by atoms with Crippen molar-refractivity contribution in [1.82, 2.24) is 15.0 Å². The summed E-state index contributed by atoms with van der Waals surface area (Å²) in [6, 6.07) is 0. The van der Waals surface area contributed by atoms with Crippen LogP contribution in [0.15, 0.2) is 5.16 Å². The molecule has 1 aliphatic heterocycles. The largest absolute Gasteiger partial charge is 0.377 e. The summed E-state index contributed by atoms with van der Waals surface area (Å²) in [7, 11) is 3.86. The van der Waals surface area contributed by atoms with Gasteiger partial charge in [0.2, 0.25) is 11.9 Å². The van der Waals surface area contributed by atoms with Gasteiger partial charge in [0, 0.05) is 32.5 Å². The highest BCUT2D eigenvalue weighted by molar-refractivity contribution is 7.99. The number of hydrogen-bond donors (Lipinski definition) is 1. The topological polar surface area (TPSA) is 63.2 Å². The minimum absolute atomic E-state index is 0.257. The molecule has 2 unspecified atom stereocenters. The minimum atomic E-state index is 0.257. The quantitative estimate of drug-likeness (QED) is 0.881. The number of rotatable bonds is 5. The van der Waals surface area contributed by atoms with Crippen LogP contribution in [0.4, 0.5) is 11.9 Å². The van der Waals surface area contributed by atoms with E-state index < -0.39 is 0 Å². The summed E-state index contributed by atoms with van der Waals surface area (Å²) in [4.78, 5) is 15.2. The Morgan fingerprint density at radius 2 is 2.16 bits per heavy atom. The molecular formula is C12H21N5OS. The third-order valence-corrected chi connectivity index (χ3v) is 4.22. The summed E-state index contributed by atoms with van der Waals surface area (Å²) in [6.07, 6.45) is 1.30. The van der Waals surface area contributed by atoms with Crippen LogP contribution >= 0.6 is 11.8 Å². The van der Waals surface area contributed by atoms with Crippen molar-refractivity contribution in [3.63, 3.8) is 0 Å². The summed E-state index contributed by atoms with van der Waals surface area (Å²) in [6.45, 7) is 5.75. The molecule has 6 nitrogen and oxygen atoms in total. The average molecular weight is 283 g/mol. The molecule has 2 rings (SSSR count). The average Bonchev–Trinajstić information content (AvgIpc) is 2.75. The van der Waals surface area contributed by atoms with Gasteiger partial charge in [-0.25, -0.2) is 0 Å². The molecule has 0 bridgehead atoms. The highest BCUT2D eigenvalue weighted by Crippen LogP contribution is 2.31. The van der Waals surface area contributed by atoms with Crippen LogP contribution in [-0.2, 0) is 4.74 Å². The van der Waals surface area contributed by atoms with Crippen molar-refractivity contribution in [2.24, 2.45) is 0 Å². The molecule has 2 heterocycles. The Kier molecular flexibility index (Phi) is 4.81. The maximum atomic E-state index is 5.58. The van der Waals surface area contributed by atoms with Crippen LogP contribution in [0.2, 0.25) is 0 Å². The summed E-state index contributed by atoms with van der Waals surface area (Å²) in [5, 5.41) is 4.33. The smallest absolute Gasteiger partial charge is 0.230 e. The second-order valence-corrected chi connectivity index (χ2v) is 5.89. The van der Waals surface area contributed by atoms with Gasteiger partial charge in [-0.1, -0.05) is 11.8 Å². The molecule has 7 heteroatoms. The van der Waals surface area contributed by atoms with Crippen LogP contribution < -0.4 is 10.2 Å². The molecule has 19 heavy (non-hydrogen) atoms. The lowest BCUT2D eigenvalue weighted by molar-refractivity contribution is 0.127. The molecule has 0 amide bonds. The van der Waals surface area contributed by atoms with Crippen LogP contribution in [-0.4, -0.2) is 53.6 Å².